The summed E-state index contributed by atoms with van der Waals surface area (Å²) in [5.74, 6) is -0.553. The van der Waals surface area contributed by atoms with Crippen LogP contribution < -0.4 is 16.4 Å². The van der Waals surface area contributed by atoms with Crippen LogP contribution in [0.25, 0.3) is 10.9 Å². The first-order chi connectivity index (χ1) is 20.1. The fraction of sp³-hybridized carbons (Fsp3) is 0.333. The van der Waals surface area contributed by atoms with Gasteiger partial charge in [0.05, 0.1) is 41.2 Å². The molecule has 42 heavy (non-hydrogen) atoms. The maximum Gasteiger partial charge on any atom is 0.247 e. The van der Waals surface area contributed by atoms with E-state index in [2.05, 4.69) is 58.8 Å². The second-order valence-electron chi connectivity index (χ2n) is 11.5. The Balaban J connectivity index is 1.63. The Labute approximate surface area is 248 Å². The molecule has 0 bridgehead atoms. The van der Waals surface area contributed by atoms with E-state index in [-0.39, 0.29) is 12.0 Å². The molecule has 214 valence electrons. The third-order valence-corrected chi connectivity index (χ3v) is 7.58. The third kappa shape index (κ3) is 5.45. The van der Waals surface area contributed by atoms with Crippen molar-refractivity contribution in [2.45, 2.75) is 38.8 Å². The molecule has 2 aromatic carbocycles. The Morgan fingerprint density at radius 2 is 2.00 bits per heavy atom. The molecule has 2 aromatic heterocycles. The van der Waals surface area contributed by atoms with Crippen LogP contribution >= 0.6 is 11.6 Å². The second-order valence-corrected chi connectivity index (χ2v) is 11.9. The molecule has 1 aliphatic rings. The molecule has 0 radical (unpaired) electrons. The first-order valence-corrected chi connectivity index (χ1v) is 13.8. The van der Waals surface area contributed by atoms with E-state index in [4.69, 9.17) is 22.1 Å². The van der Waals surface area contributed by atoms with Crippen molar-refractivity contribution in [3.8, 4) is 12.1 Å². The van der Waals surface area contributed by atoms with Crippen LogP contribution in [-0.4, -0.2) is 45.6 Å². The van der Waals surface area contributed by atoms with E-state index >= 15 is 0 Å². The van der Waals surface area contributed by atoms with Crippen LogP contribution in [0.1, 0.15) is 55.6 Å². The van der Waals surface area contributed by atoms with Gasteiger partial charge in [-0.2, -0.15) is 10.5 Å². The number of hydrogen-bond acceptors (Lipinski definition) is 9. The summed E-state index contributed by atoms with van der Waals surface area (Å²) in [5, 5.41) is 36.5. The van der Waals surface area contributed by atoms with Crippen LogP contribution in [0.5, 0.6) is 0 Å². The summed E-state index contributed by atoms with van der Waals surface area (Å²) in [6, 6.07) is 14.7. The number of carbonyl (C=O) groups is 1. The number of amides is 1. The van der Waals surface area contributed by atoms with E-state index in [1.54, 1.807) is 18.3 Å². The number of rotatable bonds is 8. The van der Waals surface area contributed by atoms with Gasteiger partial charge in [-0.3, -0.25) is 9.78 Å². The third-order valence-electron chi connectivity index (χ3n) is 7.24. The molecular weight excluding hydrogens is 554 g/mol. The standard InChI is InChI=1S/C30H30ClN9O2/c1-29(2,3)16-36-26-19(13-33)14-35-25-18(12-32)10-20(11-22(25)26)37-27(21-6-4-5-7-23(21)31)24-15-40(39-38-24)30(28(34)41)8-9-42-17-30/h4-7,10-11,14-15,27,37H,8-9,16-17H2,1-3H3,(H2,34,41)(H,35,36). The van der Waals surface area contributed by atoms with Crippen LogP contribution in [0.3, 0.4) is 0 Å². The quantitative estimate of drug-likeness (QED) is 0.271. The van der Waals surface area contributed by atoms with Crippen molar-refractivity contribution in [2.24, 2.45) is 11.1 Å². The topological polar surface area (TPSA) is 168 Å². The summed E-state index contributed by atoms with van der Waals surface area (Å²) in [7, 11) is 0. The predicted octanol–water partition coefficient (Wildman–Crippen LogP) is 4.48. The number of nitrogens with one attached hydrogen (secondary N) is 2. The molecule has 2 unspecified atom stereocenters. The number of ether oxygens (including phenoxy) is 1. The molecule has 11 nitrogen and oxygen atoms in total. The molecule has 4 N–H and O–H groups in total. The number of anilines is 2. The van der Waals surface area contributed by atoms with Gasteiger partial charge in [0, 0.05) is 41.9 Å². The number of primary amides is 1. The minimum atomic E-state index is -1.14. The Hall–Kier alpha value is -4.71. The van der Waals surface area contributed by atoms with Crippen molar-refractivity contribution in [1.82, 2.24) is 20.0 Å². The molecule has 5 rings (SSSR count). The average molecular weight is 584 g/mol. The van der Waals surface area contributed by atoms with Crippen molar-refractivity contribution in [3.05, 3.63) is 76.2 Å². The summed E-state index contributed by atoms with van der Waals surface area (Å²) in [6.07, 6.45) is 3.52. The van der Waals surface area contributed by atoms with Crippen LogP contribution in [0.4, 0.5) is 11.4 Å². The highest BCUT2D eigenvalue weighted by atomic mass is 35.5. The molecule has 0 spiro atoms. The molecule has 1 saturated heterocycles. The molecule has 0 aliphatic carbocycles. The largest absolute Gasteiger partial charge is 0.383 e. The van der Waals surface area contributed by atoms with Crippen LogP contribution in [0, 0.1) is 28.1 Å². The van der Waals surface area contributed by atoms with E-state index in [0.717, 1.165) is 0 Å². The molecule has 4 aromatic rings. The first kappa shape index (κ1) is 28.8. The number of halogens is 1. The Kier molecular flexibility index (Phi) is 7.74. The smallest absolute Gasteiger partial charge is 0.247 e. The first-order valence-electron chi connectivity index (χ1n) is 13.4. The van der Waals surface area contributed by atoms with Crippen LogP contribution in [0.2, 0.25) is 5.02 Å². The number of nitrogens with two attached hydrogens (primary N) is 1. The number of nitrogens with zero attached hydrogens (tertiary/aromatic N) is 6. The highest BCUT2D eigenvalue weighted by Gasteiger charge is 2.44. The highest BCUT2D eigenvalue weighted by molar-refractivity contribution is 6.31. The minimum absolute atomic E-state index is 0.0656. The molecule has 0 saturated carbocycles. The monoisotopic (exact) mass is 583 g/mol. The maximum absolute atomic E-state index is 12.5. The van der Waals surface area contributed by atoms with Crippen molar-refractivity contribution >= 4 is 39.8 Å². The van der Waals surface area contributed by atoms with Crippen LogP contribution in [0.15, 0.2) is 48.8 Å². The zero-order valence-corrected chi connectivity index (χ0v) is 24.2. The fourth-order valence-electron chi connectivity index (χ4n) is 4.95. The van der Waals surface area contributed by atoms with Gasteiger partial charge in [-0.05, 0) is 29.2 Å². The number of pyridine rings is 1. The lowest BCUT2D eigenvalue weighted by molar-refractivity contribution is -0.127. The van der Waals surface area contributed by atoms with E-state index in [1.165, 1.54) is 10.9 Å². The van der Waals surface area contributed by atoms with Gasteiger partial charge >= 0.3 is 0 Å². The van der Waals surface area contributed by atoms with Gasteiger partial charge in [-0.1, -0.05) is 55.8 Å². The average Bonchev–Trinajstić information content (AvgIpc) is 3.65. The van der Waals surface area contributed by atoms with E-state index < -0.39 is 17.5 Å². The van der Waals surface area contributed by atoms with Gasteiger partial charge in [-0.25, -0.2) is 4.68 Å². The zero-order valence-electron chi connectivity index (χ0n) is 23.5. The van der Waals surface area contributed by atoms with Crippen molar-refractivity contribution in [1.29, 1.82) is 10.5 Å². The van der Waals surface area contributed by atoms with Crippen molar-refractivity contribution in [3.63, 3.8) is 0 Å². The van der Waals surface area contributed by atoms with Crippen molar-refractivity contribution < 1.29 is 9.53 Å². The zero-order chi connectivity index (χ0) is 30.1. The Bertz CT molecular complexity index is 1740. The van der Waals surface area contributed by atoms with Gasteiger partial charge in [0.2, 0.25) is 5.91 Å². The van der Waals surface area contributed by atoms with Gasteiger partial charge in [0.1, 0.15) is 17.8 Å². The predicted molar refractivity (Wildman–Crippen MR) is 159 cm³/mol. The molecular formula is C30H30ClN9O2. The number of aromatic nitrogens is 4. The summed E-state index contributed by atoms with van der Waals surface area (Å²) in [5.41, 5.74) is 8.10. The second kappa shape index (κ2) is 11.3. The van der Waals surface area contributed by atoms with Crippen LogP contribution in [-0.2, 0) is 15.1 Å². The maximum atomic E-state index is 12.5. The fourth-order valence-corrected chi connectivity index (χ4v) is 5.19. The molecule has 12 heteroatoms. The number of nitriles is 2. The number of fused-ring (bicyclic) bond motifs is 1. The van der Waals surface area contributed by atoms with Gasteiger partial charge < -0.3 is 21.1 Å². The SMILES string of the molecule is CC(C)(C)CNc1c(C#N)cnc2c(C#N)cc(NC(c3cn(C4(C(N)=O)CCOC4)nn3)c3ccccc3Cl)cc12. The Morgan fingerprint density at radius 3 is 2.64 bits per heavy atom. The lowest BCUT2D eigenvalue weighted by atomic mass is 9.96. The lowest BCUT2D eigenvalue weighted by Gasteiger charge is -2.24. The number of benzene rings is 2. The van der Waals surface area contributed by atoms with Crippen molar-refractivity contribution in [2.75, 3.05) is 30.4 Å². The van der Waals surface area contributed by atoms with E-state index in [1.807, 2.05) is 24.3 Å². The number of carbonyl (C=O) groups excluding carboxylic acids is 1. The molecule has 3 heterocycles. The summed E-state index contributed by atoms with van der Waals surface area (Å²) in [4.78, 5) is 16.9. The summed E-state index contributed by atoms with van der Waals surface area (Å²) in [6.45, 7) is 7.34. The van der Waals surface area contributed by atoms with E-state index in [0.29, 0.717) is 69.3 Å². The van der Waals surface area contributed by atoms with E-state index in [9.17, 15) is 15.3 Å². The summed E-state index contributed by atoms with van der Waals surface area (Å²) < 4.78 is 6.95. The minimum Gasteiger partial charge on any atom is -0.383 e. The van der Waals surface area contributed by atoms with Gasteiger partial charge in [0.25, 0.3) is 0 Å². The normalized spacial score (nSPS) is 17.4. The van der Waals surface area contributed by atoms with Gasteiger partial charge in [0.15, 0.2) is 5.54 Å². The number of hydrogen-bond donors (Lipinski definition) is 3. The molecule has 2 atom stereocenters. The molecule has 1 fully saturated rings. The molecule has 1 amide bonds. The lowest BCUT2D eigenvalue weighted by Crippen LogP contribution is -2.47. The molecule has 1 aliphatic heterocycles. The Morgan fingerprint density at radius 1 is 1.24 bits per heavy atom. The summed E-state index contributed by atoms with van der Waals surface area (Å²) >= 11 is 6.65. The highest BCUT2D eigenvalue weighted by Crippen LogP contribution is 2.36. The van der Waals surface area contributed by atoms with Gasteiger partial charge in [-0.15, -0.1) is 5.10 Å².